The van der Waals surface area contributed by atoms with Crippen molar-refractivity contribution in [2.75, 3.05) is 11.9 Å². The Kier molecular flexibility index (Phi) is 5.02. The highest BCUT2D eigenvalue weighted by Gasteiger charge is 2.13. The summed E-state index contributed by atoms with van der Waals surface area (Å²) in [6.45, 7) is 2.42. The molecule has 0 fully saturated rings. The Bertz CT molecular complexity index is 619. The number of rotatable bonds is 4. The zero-order chi connectivity index (χ0) is 14.7. The first-order valence-electron chi connectivity index (χ1n) is 6.19. The summed E-state index contributed by atoms with van der Waals surface area (Å²) < 4.78 is 13.7. The Hall–Kier alpha value is -1.10. The summed E-state index contributed by atoms with van der Waals surface area (Å²) >= 11 is 9.14. The van der Waals surface area contributed by atoms with E-state index >= 15 is 0 Å². The highest BCUT2D eigenvalue weighted by atomic mass is 79.9. The van der Waals surface area contributed by atoms with Crippen molar-refractivity contribution in [1.82, 2.24) is 0 Å². The van der Waals surface area contributed by atoms with Gasteiger partial charge in [0.1, 0.15) is 5.82 Å². The van der Waals surface area contributed by atoms with Gasteiger partial charge in [0.15, 0.2) is 0 Å². The lowest BCUT2D eigenvalue weighted by Crippen LogP contribution is -2.21. The molecule has 20 heavy (non-hydrogen) atoms. The molecule has 2 aromatic carbocycles. The summed E-state index contributed by atoms with van der Waals surface area (Å²) in [6, 6.07) is 10.5. The molecule has 0 spiro atoms. The van der Waals surface area contributed by atoms with E-state index in [0.717, 1.165) is 16.8 Å². The Labute approximate surface area is 131 Å². The molecule has 0 bridgehead atoms. The van der Waals surface area contributed by atoms with E-state index in [1.54, 1.807) is 12.1 Å². The van der Waals surface area contributed by atoms with Gasteiger partial charge in [-0.15, -0.1) is 0 Å². The van der Waals surface area contributed by atoms with Gasteiger partial charge in [-0.1, -0.05) is 17.7 Å². The van der Waals surface area contributed by atoms with Crippen molar-refractivity contribution in [3.63, 3.8) is 0 Å². The fourth-order valence-corrected chi connectivity index (χ4v) is 2.69. The molecule has 0 heterocycles. The molecule has 0 radical (unpaired) electrons. The molecule has 5 heteroatoms. The van der Waals surface area contributed by atoms with Gasteiger partial charge in [-0.05, 0) is 64.3 Å². The van der Waals surface area contributed by atoms with Gasteiger partial charge in [-0.2, -0.15) is 0 Å². The van der Waals surface area contributed by atoms with Crippen LogP contribution in [0.1, 0.15) is 17.2 Å². The molecule has 0 aromatic heterocycles. The summed E-state index contributed by atoms with van der Waals surface area (Å²) in [6.07, 6.45) is 0. The first-order valence-corrected chi connectivity index (χ1v) is 7.36. The van der Waals surface area contributed by atoms with E-state index in [9.17, 15) is 4.39 Å². The molecule has 0 aliphatic rings. The van der Waals surface area contributed by atoms with Crippen LogP contribution in [0.3, 0.4) is 0 Å². The zero-order valence-electron chi connectivity index (χ0n) is 11.0. The number of hydrogen-bond donors (Lipinski definition) is 2. The second-order valence-corrected chi connectivity index (χ2v) is 5.85. The van der Waals surface area contributed by atoms with Gasteiger partial charge in [0.05, 0.1) is 10.5 Å². The summed E-state index contributed by atoms with van der Waals surface area (Å²) in [5, 5.41) is 4.01. The van der Waals surface area contributed by atoms with Crippen LogP contribution >= 0.6 is 27.5 Å². The lowest BCUT2D eigenvalue weighted by Gasteiger charge is -2.21. The lowest BCUT2D eigenvalue weighted by molar-refractivity contribution is 0.621. The Morgan fingerprint density at radius 3 is 2.65 bits per heavy atom. The molecule has 1 atom stereocenters. The fraction of sp³-hybridized carbons (Fsp3) is 0.200. The van der Waals surface area contributed by atoms with Crippen molar-refractivity contribution in [2.24, 2.45) is 5.73 Å². The Morgan fingerprint density at radius 2 is 2.05 bits per heavy atom. The minimum Gasteiger partial charge on any atom is -0.377 e. The van der Waals surface area contributed by atoms with Crippen LogP contribution in [0, 0.1) is 12.7 Å². The molecular weight excluding hydrogens is 343 g/mol. The van der Waals surface area contributed by atoms with Crippen LogP contribution in [0.15, 0.2) is 40.9 Å². The van der Waals surface area contributed by atoms with Gasteiger partial charge in [-0.25, -0.2) is 4.39 Å². The van der Waals surface area contributed by atoms with Crippen LogP contribution in [-0.4, -0.2) is 6.54 Å². The van der Waals surface area contributed by atoms with E-state index in [4.69, 9.17) is 17.3 Å². The third kappa shape index (κ3) is 3.51. The number of anilines is 1. The van der Waals surface area contributed by atoms with Gasteiger partial charge < -0.3 is 11.1 Å². The van der Waals surface area contributed by atoms with Crippen molar-refractivity contribution in [3.05, 3.63) is 62.8 Å². The minimum absolute atomic E-state index is 0.0513. The predicted molar refractivity (Wildman–Crippen MR) is 85.7 cm³/mol. The number of benzene rings is 2. The second kappa shape index (κ2) is 6.57. The lowest BCUT2D eigenvalue weighted by atomic mass is 10.0. The number of halogens is 3. The van der Waals surface area contributed by atoms with Gasteiger partial charge in [-0.3, -0.25) is 0 Å². The largest absolute Gasteiger partial charge is 0.377 e. The average Bonchev–Trinajstić information content (AvgIpc) is 2.41. The number of aryl methyl sites for hydroxylation is 1. The van der Waals surface area contributed by atoms with Crippen molar-refractivity contribution in [3.8, 4) is 0 Å². The highest BCUT2D eigenvalue weighted by molar-refractivity contribution is 9.10. The molecule has 3 N–H and O–H groups in total. The van der Waals surface area contributed by atoms with E-state index in [1.165, 1.54) is 6.07 Å². The first-order chi connectivity index (χ1) is 9.51. The van der Waals surface area contributed by atoms with Crippen LogP contribution < -0.4 is 11.1 Å². The third-order valence-electron chi connectivity index (χ3n) is 3.10. The van der Waals surface area contributed by atoms with E-state index < -0.39 is 0 Å². The molecule has 2 nitrogen and oxygen atoms in total. The summed E-state index contributed by atoms with van der Waals surface area (Å²) in [4.78, 5) is 0. The molecule has 0 aliphatic heterocycles. The first kappa shape index (κ1) is 15.3. The molecule has 106 valence electrons. The molecular formula is C15H15BrClFN2. The Morgan fingerprint density at radius 1 is 1.30 bits per heavy atom. The normalized spacial score (nSPS) is 12.2. The van der Waals surface area contributed by atoms with Crippen molar-refractivity contribution >= 4 is 33.2 Å². The van der Waals surface area contributed by atoms with Crippen LogP contribution in [0.5, 0.6) is 0 Å². The molecule has 0 saturated carbocycles. The summed E-state index contributed by atoms with van der Waals surface area (Å²) in [5.74, 6) is -0.289. The zero-order valence-corrected chi connectivity index (χ0v) is 13.3. The SMILES string of the molecule is Cc1cc(Cl)ccc1C(CN)Nc1ccc(F)c(Br)c1. The minimum atomic E-state index is -0.289. The standard InChI is InChI=1S/C15H15BrClFN2/c1-9-6-10(17)2-4-12(9)15(8-19)20-11-3-5-14(18)13(16)7-11/h2-7,15,20H,8,19H2,1H3. The second-order valence-electron chi connectivity index (χ2n) is 4.56. The van der Waals surface area contributed by atoms with E-state index in [2.05, 4.69) is 21.2 Å². The maximum absolute atomic E-state index is 13.2. The van der Waals surface area contributed by atoms with Crippen LogP contribution in [0.25, 0.3) is 0 Å². The van der Waals surface area contributed by atoms with Crippen molar-refractivity contribution in [1.29, 1.82) is 0 Å². The number of nitrogens with one attached hydrogen (secondary N) is 1. The average molecular weight is 358 g/mol. The van der Waals surface area contributed by atoms with E-state index in [1.807, 2.05) is 25.1 Å². The van der Waals surface area contributed by atoms with Gasteiger partial charge in [0, 0.05) is 17.3 Å². The predicted octanol–water partition coefficient (Wildman–Crippen LogP) is 4.66. The van der Waals surface area contributed by atoms with Crippen molar-refractivity contribution < 1.29 is 4.39 Å². The van der Waals surface area contributed by atoms with Crippen molar-refractivity contribution in [2.45, 2.75) is 13.0 Å². The highest BCUT2D eigenvalue weighted by Crippen LogP contribution is 2.26. The van der Waals surface area contributed by atoms with E-state index in [0.29, 0.717) is 16.0 Å². The molecule has 2 aromatic rings. The van der Waals surface area contributed by atoms with Crippen LogP contribution in [0.4, 0.5) is 10.1 Å². The smallest absolute Gasteiger partial charge is 0.137 e. The maximum atomic E-state index is 13.2. The maximum Gasteiger partial charge on any atom is 0.137 e. The molecule has 0 saturated heterocycles. The van der Waals surface area contributed by atoms with Crippen LogP contribution in [-0.2, 0) is 0 Å². The quantitative estimate of drug-likeness (QED) is 0.835. The molecule has 2 rings (SSSR count). The monoisotopic (exact) mass is 356 g/mol. The fourth-order valence-electron chi connectivity index (χ4n) is 2.08. The van der Waals surface area contributed by atoms with Gasteiger partial charge in [0.25, 0.3) is 0 Å². The molecule has 0 aliphatic carbocycles. The molecule has 0 amide bonds. The number of nitrogens with two attached hydrogens (primary N) is 1. The van der Waals surface area contributed by atoms with E-state index in [-0.39, 0.29) is 11.9 Å². The third-order valence-corrected chi connectivity index (χ3v) is 3.95. The van der Waals surface area contributed by atoms with Crippen LogP contribution in [0.2, 0.25) is 5.02 Å². The van der Waals surface area contributed by atoms with Gasteiger partial charge >= 0.3 is 0 Å². The summed E-state index contributed by atoms with van der Waals surface area (Å²) in [5.41, 5.74) is 8.81. The Balaban J connectivity index is 2.26. The molecule has 1 unspecified atom stereocenters. The summed E-state index contributed by atoms with van der Waals surface area (Å²) in [7, 11) is 0. The van der Waals surface area contributed by atoms with Gasteiger partial charge in [0.2, 0.25) is 0 Å². The number of hydrogen-bond acceptors (Lipinski definition) is 2. The topological polar surface area (TPSA) is 38.0 Å².